The van der Waals surface area contributed by atoms with Gasteiger partial charge in [-0.1, -0.05) is 0 Å². The van der Waals surface area contributed by atoms with Crippen molar-refractivity contribution in [2.24, 2.45) is 0 Å². The van der Waals surface area contributed by atoms with Gasteiger partial charge in [-0.2, -0.15) is 0 Å². The molecule has 2 N–H and O–H groups in total. The summed E-state index contributed by atoms with van der Waals surface area (Å²) in [4.78, 5) is 4.10. The minimum atomic E-state index is -0.369. The van der Waals surface area contributed by atoms with Crippen molar-refractivity contribution in [2.45, 2.75) is 0 Å². The van der Waals surface area contributed by atoms with Gasteiger partial charge in [-0.05, 0) is 30.3 Å². The van der Waals surface area contributed by atoms with Crippen molar-refractivity contribution in [2.75, 3.05) is 12.8 Å². The van der Waals surface area contributed by atoms with Crippen LogP contribution in [0.15, 0.2) is 36.5 Å². The Morgan fingerprint density at radius 2 is 2.12 bits per heavy atom. The Hall–Kier alpha value is -2.10. The maximum absolute atomic E-state index is 13.6. The monoisotopic (exact) mass is 218 g/mol. The van der Waals surface area contributed by atoms with Gasteiger partial charge in [-0.25, -0.2) is 4.39 Å². The van der Waals surface area contributed by atoms with E-state index in [1.807, 2.05) is 0 Å². The van der Waals surface area contributed by atoms with Gasteiger partial charge in [0.05, 0.1) is 7.11 Å². The molecule has 0 aliphatic heterocycles. The van der Waals surface area contributed by atoms with Crippen LogP contribution in [0.25, 0.3) is 11.3 Å². The zero-order valence-electron chi connectivity index (χ0n) is 8.77. The third-order valence-electron chi connectivity index (χ3n) is 2.24. The fraction of sp³-hybridized carbons (Fsp3) is 0.0833. The number of aromatic nitrogens is 1. The number of anilines is 1. The summed E-state index contributed by atoms with van der Waals surface area (Å²) in [5, 5.41) is 0. The first-order valence-electron chi connectivity index (χ1n) is 4.77. The van der Waals surface area contributed by atoms with E-state index >= 15 is 0 Å². The van der Waals surface area contributed by atoms with Crippen molar-refractivity contribution in [3.8, 4) is 17.0 Å². The molecule has 2 rings (SSSR count). The smallest absolute Gasteiger partial charge is 0.145 e. The van der Waals surface area contributed by atoms with Gasteiger partial charge in [-0.3, -0.25) is 4.98 Å². The molecule has 3 nitrogen and oxygen atoms in total. The number of benzene rings is 1. The van der Waals surface area contributed by atoms with Crippen LogP contribution in [0, 0.1) is 5.82 Å². The Morgan fingerprint density at radius 3 is 2.88 bits per heavy atom. The van der Waals surface area contributed by atoms with Gasteiger partial charge in [0.15, 0.2) is 0 Å². The summed E-state index contributed by atoms with van der Waals surface area (Å²) in [6.45, 7) is 0. The molecule has 1 heterocycles. The van der Waals surface area contributed by atoms with E-state index in [9.17, 15) is 4.39 Å². The van der Waals surface area contributed by atoms with Gasteiger partial charge < -0.3 is 10.5 Å². The van der Waals surface area contributed by atoms with E-state index in [1.165, 1.54) is 19.2 Å². The van der Waals surface area contributed by atoms with Gasteiger partial charge in [0.2, 0.25) is 0 Å². The van der Waals surface area contributed by atoms with Crippen molar-refractivity contribution in [3.05, 3.63) is 42.3 Å². The number of halogens is 1. The predicted molar refractivity (Wildman–Crippen MR) is 60.6 cm³/mol. The molecular formula is C12H11FN2O. The van der Waals surface area contributed by atoms with Crippen LogP contribution < -0.4 is 10.5 Å². The van der Waals surface area contributed by atoms with Crippen molar-refractivity contribution >= 4 is 5.69 Å². The number of nitrogens with zero attached hydrogens (tertiary/aromatic N) is 1. The van der Waals surface area contributed by atoms with Gasteiger partial charge >= 0.3 is 0 Å². The summed E-state index contributed by atoms with van der Waals surface area (Å²) in [6.07, 6.45) is 1.58. The lowest BCUT2D eigenvalue weighted by atomic mass is 10.1. The van der Waals surface area contributed by atoms with Gasteiger partial charge in [0.1, 0.15) is 17.3 Å². The highest BCUT2D eigenvalue weighted by atomic mass is 19.1. The average Bonchev–Trinajstić information content (AvgIpc) is 2.32. The molecule has 82 valence electrons. The molecule has 2 aromatic rings. The fourth-order valence-electron chi connectivity index (χ4n) is 1.48. The third-order valence-corrected chi connectivity index (χ3v) is 2.24. The highest BCUT2D eigenvalue weighted by molar-refractivity contribution is 5.69. The highest BCUT2D eigenvalue weighted by Gasteiger charge is 2.11. The summed E-state index contributed by atoms with van der Waals surface area (Å²) in [7, 11) is 1.52. The fourth-order valence-corrected chi connectivity index (χ4v) is 1.48. The number of ether oxygens (including phenoxy) is 1. The van der Waals surface area contributed by atoms with Gasteiger partial charge in [0.25, 0.3) is 0 Å². The summed E-state index contributed by atoms with van der Waals surface area (Å²) in [5.74, 6) is 0.151. The second-order valence-electron chi connectivity index (χ2n) is 3.29. The van der Waals surface area contributed by atoms with E-state index in [0.717, 1.165) is 0 Å². The normalized spacial score (nSPS) is 10.1. The van der Waals surface area contributed by atoms with E-state index in [2.05, 4.69) is 4.98 Å². The molecular weight excluding hydrogens is 207 g/mol. The zero-order chi connectivity index (χ0) is 11.5. The molecule has 1 aromatic heterocycles. The SMILES string of the molecule is COc1cccnc1-c1cc(N)ccc1F. The van der Waals surface area contributed by atoms with Crippen LogP contribution in [-0.4, -0.2) is 12.1 Å². The first-order chi connectivity index (χ1) is 7.72. The van der Waals surface area contributed by atoms with E-state index in [0.29, 0.717) is 22.7 Å². The Balaban J connectivity index is 2.62. The van der Waals surface area contributed by atoms with Crippen LogP contribution in [0.4, 0.5) is 10.1 Å². The summed E-state index contributed by atoms with van der Waals surface area (Å²) in [6, 6.07) is 7.82. The minimum Gasteiger partial charge on any atom is -0.494 e. The third kappa shape index (κ3) is 1.82. The molecule has 0 saturated heterocycles. The quantitative estimate of drug-likeness (QED) is 0.788. The maximum atomic E-state index is 13.6. The number of nitrogen functional groups attached to an aromatic ring is 1. The molecule has 0 bridgehead atoms. The largest absolute Gasteiger partial charge is 0.494 e. The lowest BCUT2D eigenvalue weighted by Gasteiger charge is -2.08. The number of methoxy groups -OCH3 is 1. The number of hydrogen-bond acceptors (Lipinski definition) is 3. The Labute approximate surface area is 92.7 Å². The van der Waals surface area contributed by atoms with Gasteiger partial charge in [-0.15, -0.1) is 0 Å². The van der Waals surface area contributed by atoms with E-state index < -0.39 is 0 Å². The zero-order valence-corrected chi connectivity index (χ0v) is 8.77. The molecule has 0 aliphatic rings. The van der Waals surface area contributed by atoms with Crippen LogP contribution in [0.3, 0.4) is 0 Å². The van der Waals surface area contributed by atoms with Crippen molar-refractivity contribution in [1.82, 2.24) is 4.98 Å². The minimum absolute atomic E-state index is 0.345. The lowest BCUT2D eigenvalue weighted by molar-refractivity contribution is 0.414. The molecule has 0 fully saturated rings. The molecule has 0 amide bonds. The van der Waals surface area contributed by atoms with Crippen LogP contribution >= 0.6 is 0 Å². The molecule has 0 spiro atoms. The van der Waals surface area contributed by atoms with E-state index in [1.54, 1.807) is 24.4 Å². The Morgan fingerprint density at radius 1 is 1.31 bits per heavy atom. The first-order valence-corrected chi connectivity index (χ1v) is 4.77. The molecule has 0 radical (unpaired) electrons. The molecule has 0 atom stereocenters. The Kier molecular flexibility index (Phi) is 2.72. The molecule has 0 unspecified atom stereocenters. The van der Waals surface area contributed by atoms with E-state index in [-0.39, 0.29) is 5.82 Å². The second kappa shape index (κ2) is 4.18. The van der Waals surface area contributed by atoms with Crippen molar-refractivity contribution < 1.29 is 9.13 Å². The highest BCUT2D eigenvalue weighted by Crippen LogP contribution is 2.30. The van der Waals surface area contributed by atoms with E-state index in [4.69, 9.17) is 10.5 Å². The summed E-state index contributed by atoms with van der Waals surface area (Å²) >= 11 is 0. The summed E-state index contributed by atoms with van der Waals surface area (Å²) in [5.41, 5.74) is 6.91. The predicted octanol–water partition coefficient (Wildman–Crippen LogP) is 2.48. The number of rotatable bonds is 2. The van der Waals surface area contributed by atoms with Crippen LogP contribution in [0.5, 0.6) is 5.75 Å². The molecule has 0 aliphatic carbocycles. The average molecular weight is 218 g/mol. The van der Waals surface area contributed by atoms with Crippen LogP contribution in [0.2, 0.25) is 0 Å². The first kappa shape index (κ1) is 10.4. The standard InChI is InChI=1S/C12H11FN2O/c1-16-11-3-2-6-15-12(11)9-7-8(14)4-5-10(9)13/h2-7H,14H2,1H3. The maximum Gasteiger partial charge on any atom is 0.145 e. The molecule has 4 heteroatoms. The number of nitrogens with two attached hydrogens (primary N) is 1. The molecule has 1 aromatic carbocycles. The second-order valence-corrected chi connectivity index (χ2v) is 3.29. The Bertz CT molecular complexity index is 514. The van der Waals surface area contributed by atoms with Crippen LogP contribution in [0.1, 0.15) is 0 Å². The van der Waals surface area contributed by atoms with Crippen molar-refractivity contribution in [3.63, 3.8) is 0 Å². The lowest BCUT2D eigenvalue weighted by Crippen LogP contribution is -1.94. The molecule has 16 heavy (non-hydrogen) atoms. The van der Waals surface area contributed by atoms with Crippen molar-refractivity contribution in [1.29, 1.82) is 0 Å². The molecule has 0 saturated carbocycles. The van der Waals surface area contributed by atoms with Gasteiger partial charge in [0, 0.05) is 17.4 Å². The topological polar surface area (TPSA) is 48.1 Å². The number of pyridine rings is 1. The van der Waals surface area contributed by atoms with Crippen LogP contribution in [-0.2, 0) is 0 Å². The number of hydrogen-bond donors (Lipinski definition) is 1. The summed E-state index contributed by atoms with van der Waals surface area (Å²) < 4.78 is 18.7.